The maximum absolute atomic E-state index is 5.41. The predicted octanol–water partition coefficient (Wildman–Crippen LogP) is 2.62. The second kappa shape index (κ2) is 11.5. The van der Waals surface area contributed by atoms with Gasteiger partial charge in [0.1, 0.15) is 5.75 Å². The predicted molar refractivity (Wildman–Crippen MR) is 103 cm³/mol. The molecule has 0 bridgehead atoms. The van der Waals surface area contributed by atoms with Crippen LogP contribution in [0.15, 0.2) is 29.3 Å². The van der Waals surface area contributed by atoms with Crippen molar-refractivity contribution in [1.82, 2.24) is 10.6 Å². The van der Waals surface area contributed by atoms with Gasteiger partial charge < -0.3 is 20.1 Å². The van der Waals surface area contributed by atoms with Crippen LogP contribution in [0.4, 0.5) is 0 Å². The van der Waals surface area contributed by atoms with Crippen LogP contribution in [-0.4, -0.2) is 46.4 Å². The van der Waals surface area contributed by atoms with Crippen molar-refractivity contribution in [3.63, 3.8) is 0 Å². The molecule has 0 aliphatic heterocycles. The maximum Gasteiger partial charge on any atom is 0.191 e. The van der Waals surface area contributed by atoms with Gasteiger partial charge in [-0.1, -0.05) is 25.1 Å². The molecule has 0 radical (unpaired) electrons. The van der Waals surface area contributed by atoms with E-state index in [9.17, 15) is 0 Å². The molecular weight excluding hydrogens is 393 g/mol. The van der Waals surface area contributed by atoms with Crippen LogP contribution in [0.1, 0.15) is 25.3 Å². The molecule has 2 N–H and O–H groups in total. The number of guanidine groups is 1. The minimum Gasteiger partial charge on any atom is -0.496 e. The molecule has 126 valence electrons. The van der Waals surface area contributed by atoms with Gasteiger partial charge in [0.25, 0.3) is 0 Å². The van der Waals surface area contributed by atoms with E-state index in [1.54, 1.807) is 21.3 Å². The monoisotopic (exact) mass is 421 g/mol. The molecule has 1 aromatic rings. The van der Waals surface area contributed by atoms with Crippen molar-refractivity contribution < 1.29 is 9.47 Å². The topological polar surface area (TPSA) is 54.9 Å². The van der Waals surface area contributed by atoms with Crippen molar-refractivity contribution >= 4 is 29.9 Å². The van der Waals surface area contributed by atoms with Crippen LogP contribution in [0.25, 0.3) is 0 Å². The van der Waals surface area contributed by atoms with Gasteiger partial charge >= 0.3 is 0 Å². The van der Waals surface area contributed by atoms with Crippen molar-refractivity contribution in [2.75, 3.05) is 34.4 Å². The molecule has 2 atom stereocenters. The summed E-state index contributed by atoms with van der Waals surface area (Å²) in [6.45, 7) is 5.64. The van der Waals surface area contributed by atoms with Gasteiger partial charge in [0.2, 0.25) is 0 Å². The lowest BCUT2D eigenvalue weighted by Crippen LogP contribution is -2.44. The number of benzene rings is 1. The van der Waals surface area contributed by atoms with Gasteiger partial charge in [-0.15, -0.1) is 24.0 Å². The molecular formula is C16H28IN3O2. The minimum absolute atomic E-state index is 0. The Balaban J connectivity index is 0.00000441. The molecule has 6 heteroatoms. The molecule has 0 saturated carbocycles. The Hall–Kier alpha value is -1.02. The fraction of sp³-hybridized carbons (Fsp3) is 0.562. The quantitative estimate of drug-likeness (QED) is 0.404. The van der Waals surface area contributed by atoms with Gasteiger partial charge in [0.15, 0.2) is 5.96 Å². The van der Waals surface area contributed by atoms with Gasteiger partial charge in [-0.3, -0.25) is 4.99 Å². The van der Waals surface area contributed by atoms with Crippen molar-refractivity contribution in [3.05, 3.63) is 29.8 Å². The molecule has 0 spiro atoms. The zero-order chi connectivity index (χ0) is 15.7. The van der Waals surface area contributed by atoms with Crippen molar-refractivity contribution in [2.45, 2.75) is 25.8 Å². The summed E-state index contributed by atoms with van der Waals surface area (Å²) in [7, 11) is 5.16. The molecule has 0 saturated heterocycles. The zero-order valence-electron chi connectivity index (χ0n) is 14.1. The second-order valence-corrected chi connectivity index (χ2v) is 5.10. The first kappa shape index (κ1) is 21.0. The smallest absolute Gasteiger partial charge is 0.191 e. The Morgan fingerprint density at radius 2 is 1.91 bits per heavy atom. The molecule has 0 amide bonds. The fourth-order valence-electron chi connectivity index (χ4n) is 2.15. The highest BCUT2D eigenvalue weighted by Crippen LogP contribution is 2.25. The van der Waals surface area contributed by atoms with Crippen molar-refractivity contribution in [1.29, 1.82) is 0 Å². The van der Waals surface area contributed by atoms with Crippen molar-refractivity contribution in [2.24, 2.45) is 4.99 Å². The third-order valence-corrected chi connectivity index (χ3v) is 3.27. The summed E-state index contributed by atoms with van der Waals surface area (Å²) >= 11 is 0. The van der Waals surface area contributed by atoms with E-state index in [0.29, 0.717) is 12.5 Å². The highest BCUT2D eigenvalue weighted by atomic mass is 127. The maximum atomic E-state index is 5.41. The average molecular weight is 421 g/mol. The molecule has 0 fully saturated rings. The molecule has 0 aromatic heterocycles. The summed E-state index contributed by atoms with van der Waals surface area (Å²) in [6, 6.07) is 8.30. The SMILES string of the molecule is CN=C(NCC(C)c1ccccc1OC)NC(C)COC.I. The summed E-state index contributed by atoms with van der Waals surface area (Å²) in [5.74, 6) is 2.02. The third-order valence-electron chi connectivity index (χ3n) is 3.27. The summed E-state index contributed by atoms with van der Waals surface area (Å²) < 4.78 is 10.5. The lowest BCUT2D eigenvalue weighted by Gasteiger charge is -2.20. The first-order chi connectivity index (χ1) is 10.1. The lowest BCUT2D eigenvalue weighted by molar-refractivity contribution is 0.179. The van der Waals surface area contributed by atoms with Crippen molar-refractivity contribution in [3.8, 4) is 5.75 Å². The van der Waals surface area contributed by atoms with Crippen LogP contribution in [0.3, 0.4) is 0 Å². The van der Waals surface area contributed by atoms with E-state index in [0.717, 1.165) is 18.3 Å². The zero-order valence-corrected chi connectivity index (χ0v) is 16.4. The highest BCUT2D eigenvalue weighted by Gasteiger charge is 2.12. The van der Waals surface area contributed by atoms with Gasteiger partial charge in [-0.2, -0.15) is 0 Å². The van der Waals surface area contributed by atoms with Gasteiger partial charge in [0, 0.05) is 32.7 Å². The van der Waals surface area contributed by atoms with E-state index in [-0.39, 0.29) is 30.0 Å². The molecule has 5 nitrogen and oxygen atoms in total. The number of ether oxygens (including phenoxy) is 2. The number of hydrogen-bond acceptors (Lipinski definition) is 3. The number of hydrogen-bond donors (Lipinski definition) is 2. The first-order valence-electron chi connectivity index (χ1n) is 7.21. The molecule has 1 rings (SSSR count). The second-order valence-electron chi connectivity index (χ2n) is 5.10. The number of nitrogens with one attached hydrogen (secondary N) is 2. The Morgan fingerprint density at radius 3 is 2.50 bits per heavy atom. The fourth-order valence-corrected chi connectivity index (χ4v) is 2.15. The van der Waals surface area contributed by atoms with E-state index in [4.69, 9.17) is 9.47 Å². The van der Waals surface area contributed by atoms with E-state index in [1.807, 2.05) is 18.2 Å². The highest BCUT2D eigenvalue weighted by molar-refractivity contribution is 14.0. The van der Waals surface area contributed by atoms with E-state index in [2.05, 4.69) is 35.5 Å². The molecule has 22 heavy (non-hydrogen) atoms. The van der Waals surface area contributed by atoms with Gasteiger partial charge in [-0.25, -0.2) is 0 Å². The molecule has 0 aliphatic carbocycles. The van der Waals surface area contributed by atoms with E-state index < -0.39 is 0 Å². The van der Waals surface area contributed by atoms with E-state index in [1.165, 1.54) is 5.56 Å². The van der Waals surface area contributed by atoms with Crippen LogP contribution < -0.4 is 15.4 Å². The summed E-state index contributed by atoms with van der Waals surface area (Å²) in [5, 5.41) is 6.62. The third kappa shape index (κ3) is 6.83. The number of halogens is 1. The summed E-state index contributed by atoms with van der Waals surface area (Å²) in [4.78, 5) is 4.23. The van der Waals surface area contributed by atoms with Gasteiger partial charge in [0.05, 0.1) is 13.7 Å². The largest absolute Gasteiger partial charge is 0.496 e. The molecule has 2 unspecified atom stereocenters. The average Bonchev–Trinajstić information content (AvgIpc) is 2.51. The summed E-state index contributed by atoms with van der Waals surface area (Å²) in [6.07, 6.45) is 0. The Morgan fingerprint density at radius 1 is 1.23 bits per heavy atom. The van der Waals surface area contributed by atoms with Crippen LogP contribution in [0.2, 0.25) is 0 Å². The van der Waals surface area contributed by atoms with Crippen LogP contribution in [0, 0.1) is 0 Å². The number of methoxy groups -OCH3 is 2. The number of rotatable bonds is 7. The molecule has 0 heterocycles. The number of nitrogens with zero attached hydrogens (tertiary/aromatic N) is 1. The van der Waals surface area contributed by atoms with Crippen LogP contribution in [0.5, 0.6) is 5.75 Å². The Bertz CT molecular complexity index is 455. The normalized spacial score (nSPS) is 13.8. The van der Waals surface area contributed by atoms with Crippen LogP contribution in [-0.2, 0) is 4.74 Å². The van der Waals surface area contributed by atoms with Crippen LogP contribution >= 0.6 is 24.0 Å². The standard InChI is InChI=1S/C16H27N3O2.HI/c1-12(14-8-6-7-9-15(14)21-5)10-18-16(17-3)19-13(2)11-20-4;/h6-9,12-13H,10-11H2,1-5H3,(H2,17,18,19);1H. The minimum atomic E-state index is 0. The number of para-hydroxylation sites is 1. The summed E-state index contributed by atoms with van der Waals surface area (Å²) in [5.41, 5.74) is 1.19. The first-order valence-corrected chi connectivity index (χ1v) is 7.21. The van der Waals surface area contributed by atoms with E-state index >= 15 is 0 Å². The lowest BCUT2D eigenvalue weighted by atomic mass is 10.0. The Kier molecular flexibility index (Phi) is 11.0. The molecule has 0 aliphatic rings. The number of aliphatic imine (C=N–C) groups is 1. The van der Waals surface area contributed by atoms with Gasteiger partial charge in [-0.05, 0) is 18.6 Å². The molecule has 1 aromatic carbocycles. The Labute approximate surface area is 150 Å².